The first-order valence-electron chi connectivity index (χ1n) is 10.9. The summed E-state index contributed by atoms with van der Waals surface area (Å²) >= 11 is 9.19. The van der Waals surface area contributed by atoms with E-state index < -0.39 is 0 Å². The minimum Gasteiger partial charge on any atom is -0.351 e. The van der Waals surface area contributed by atoms with Crippen LogP contribution in [-0.2, 0) is 11.3 Å². The van der Waals surface area contributed by atoms with Gasteiger partial charge in [0.15, 0.2) is 16.6 Å². The Hall–Kier alpha value is -3.46. The van der Waals surface area contributed by atoms with Crippen LogP contribution in [0.2, 0.25) is 5.02 Å². The largest absolute Gasteiger partial charge is 0.351 e. The van der Waals surface area contributed by atoms with Crippen LogP contribution in [0.4, 0.5) is 0 Å². The number of nitrogens with one attached hydrogen (secondary N) is 1. The van der Waals surface area contributed by atoms with Gasteiger partial charge in [0.25, 0.3) is 0 Å². The molecule has 6 nitrogen and oxygen atoms in total. The van der Waals surface area contributed by atoms with Gasteiger partial charge in [0.2, 0.25) is 5.91 Å². The molecule has 35 heavy (non-hydrogen) atoms. The van der Waals surface area contributed by atoms with Crippen molar-refractivity contribution in [3.8, 4) is 10.7 Å². The summed E-state index contributed by atoms with van der Waals surface area (Å²) in [6.07, 6.45) is 0. The summed E-state index contributed by atoms with van der Waals surface area (Å²) in [7, 11) is 0. The molecule has 3 heterocycles. The molecule has 1 N–H and O–H groups in total. The third-order valence-corrected chi connectivity index (χ3v) is 7.97. The van der Waals surface area contributed by atoms with E-state index in [2.05, 4.69) is 23.5 Å². The fraction of sp³-hybridized carbons (Fsp3) is 0.0769. The highest BCUT2D eigenvalue weighted by molar-refractivity contribution is 7.99. The van der Waals surface area contributed by atoms with Crippen molar-refractivity contribution in [3.05, 3.63) is 89.4 Å². The number of hydrogen-bond donors (Lipinski definition) is 1. The van der Waals surface area contributed by atoms with Crippen LogP contribution in [0.5, 0.6) is 0 Å². The summed E-state index contributed by atoms with van der Waals surface area (Å²) in [6.45, 7) is 0.374. The van der Waals surface area contributed by atoms with Crippen LogP contribution >= 0.6 is 34.7 Å². The van der Waals surface area contributed by atoms with Crippen molar-refractivity contribution in [1.29, 1.82) is 0 Å². The summed E-state index contributed by atoms with van der Waals surface area (Å²) in [4.78, 5) is 23.2. The molecule has 0 unspecified atom stereocenters. The molecule has 0 radical (unpaired) electrons. The van der Waals surface area contributed by atoms with E-state index >= 15 is 0 Å². The van der Waals surface area contributed by atoms with Crippen LogP contribution in [0, 0.1) is 0 Å². The summed E-state index contributed by atoms with van der Waals surface area (Å²) in [5.74, 6) is 0.737. The lowest BCUT2D eigenvalue weighted by Crippen LogP contribution is -2.24. The zero-order valence-corrected chi connectivity index (χ0v) is 20.7. The van der Waals surface area contributed by atoms with Crippen LogP contribution in [0.25, 0.3) is 37.3 Å². The first-order valence-corrected chi connectivity index (χ1v) is 13.1. The number of thioether (sulfide) groups is 1. The van der Waals surface area contributed by atoms with Gasteiger partial charge in [-0.15, -0.1) is 16.4 Å². The number of nitrogens with zero attached hydrogens (tertiary/aromatic N) is 4. The van der Waals surface area contributed by atoms with Crippen molar-refractivity contribution in [2.75, 3.05) is 5.75 Å². The van der Waals surface area contributed by atoms with Gasteiger partial charge < -0.3 is 5.32 Å². The quantitative estimate of drug-likeness (QED) is 0.210. The molecule has 0 spiro atoms. The van der Waals surface area contributed by atoms with Crippen LogP contribution in [0.1, 0.15) is 5.56 Å². The van der Waals surface area contributed by atoms with Gasteiger partial charge in [-0.05, 0) is 41.3 Å². The topological polar surface area (TPSA) is 72.2 Å². The van der Waals surface area contributed by atoms with Gasteiger partial charge in [-0.2, -0.15) is 4.52 Å². The predicted molar refractivity (Wildman–Crippen MR) is 143 cm³/mol. The first-order chi connectivity index (χ1) is 17.2. The molecule has 3 aromatic heterocycles. The third-order valence-electron chi connectivity index (χ3n) is 5.56. The van der Waals surface area contributed by atoms with E-state index in [-0.39, 0.29) is 11.7 Å². The van der Waals surface area contributed by atoms with Crippen LogP contribution in [0.3, 0.4) is 0 Å². The Kier molecular flexibility index (Phi) is 5.85. The van der Waals surface area contributed by atoms with Crippen molar-refractivity contribution in [2.24, 2.45) is 0 Å². The van der Waals surface area contributed by atoms with Gasteiger partial charge in [0.05, 0.1) is 16.1 Å². The molecule has 6 aromatic rings. The minimum atomic E-state index is -0.108. The number of para-hydroxylation sites is 1. The Morgan fingerprint density at radius 3 is 2.69 bits per heavy atom. The molecular formula is C26H18ClN5OS2. The molecule has 0 fully saturated rings. The van der Waals surface area contributed by atoms with Crippen LogP contribution in [0.15, 0.2) is 84.0 Å². The molecule has 172 valence electrons. The maximum absolute atomic E-state index is 12.6. The zero-order valence-electron chi connectivity index (χ0n) is 18.3. The maximum atomic E-state index is 12.6. The average Bonchev–Trinajstić information content (AvgIpc) is 3.52. The number of amides is 1. The Labute approximate surface area is 214 Å². The number of benzene rings is 3. The van der Waals surface area contributed by atoms with Gasteiger partial charge in [0.1, 0.15) is 0 Å². The lowest BCUT2D eigenvalue weighted by molar-refractivity contribution is -0.118. The summed E-state index contributed by atoms with van der Waals surface area (Å²) in [6, 6.07) is 25.7. The number of carbonyl (C=O) groups excluding carboxylic acids is 1. The number of carbonyl (C=O) groups is 1. The first kappa shape index (κ1) is 22.0. The monoisotopic (exact) mass is 515 g/mol. The van der Waals surface area contributed by atoms with E-state index in [0.29, 0.717) is 22.5 Å². The standard InChI is InChI=1S/C26H18ClN5OS2/c27-19-10-4-1-8-17(19)14-28-23(33)15-34-26-29-20-11-5-3-9-18(20)25-30-24(31-32(25)26)22-13-16-7-2-6-12-21(16)35-22/h1-13H,14-15H2,(H,28,33). The van der Waals surface area contributed by atoms with Gasteiger partial charge in [-0.25, -0.2) is 9.97 Å². The van der Waals surface area contributed by atoms with E-state index in [1.165, 1.54) is 21.8 Å². The zero-order chi connectivity index (χ0) is 23.8. The lowest BCUT2D eigenvalue weighted by Gasteiger charge is -2.08. The van der Waals surface area contributed by atoms with Gasteiger partial charge in [-0.1, -0.05) is 71.9 Å². The molecule has 0 aliphatic rings. The Bertz CT molecular complexity index is 1680. The minimum absolute atomic E-state index is 0.108. The van der Waals surface area contributed by atoms with Crippen molar-refractivity contribution in [2.45, 2.75) is 11.7 Å². The predicted octanol–water partition coefficient (Wildman–Crippen LogP) is 6.22. The summed E-state index contributed by atoms with van der Waals surface area (Å²) in [5.41, 5.74) is 2.42. The molecule has 9 heteroatoms. The van der Waals surface area contributed by atoms with E-state index in [1.54, 1.807) is 15.9 Å². The lowest BCUT2D eigenvalue weighted by atomic mass is 10.2. The fourth-order valence-corrected chi connectivity index (χ4v) is 5.81. The summed E-state index contributed by atoms with van der Waals surface area (Å²) < 4.78 is 2.93. The average molecular weight is 516 g/mol. The molecule has 0 bridgehead atoms. The second kappa shape index (κ2) is 9.30. The van der Waals surface area contributed by atoms with Crippen LogP contribution in [-0.4, -0.2) is 31.2 Å². The molecule has 0 aliphatic carbocycles. The fourth-order valence-electron chi connectivity index (χ4n) is 3.84. The van der Waals surface area contributed by atoms with Gasteiger partial charge in [-0.3, -0.25) is 4.79 Å². The smallest absolute Gasteiger partial charge is 0.230 e. The molecule has 3 aromatic carbocycles. The van der Waals surface area contributed by atoms with Crippen molar-refractivity contribution < 1.29 is 4.79 Å². The van der Waals surface area contributed by atoms with Gasteiger partial charge in [0, 0.05) is 21.7 Å². The molecule has 0 atom stereocenters. The highest BCUT2D eigenvalue weighted by atomic mass is 35.5. The van der Waals surface area contributed by atoms with Crippen LogP contribution < -0.4 is 5.32 Å². The highest BCUT2D eigenvalue weighted by Crippen LogP contribution is 2.33. The Morgan fingerprint density at radius 2 is 1.80 bits per heavy atom. The molecular weight excluding hydrogens is 498 g/mol. The SMILES string of the molecule is O=C(CSc1nc2ccccc2c2nc(-c3cc4ccccc4s3)nn12)NCc1ccccc1Cl. The van der Waals surface area contributed by atoms with Crippen molar-refractivity contribution in [3.63, 3.8) is 0 Å². The molecule has 6 rings (SSSR count). The Balaban J connectivity index is 1.31. The van der Waals surface area contributed by atoms with E-state index in [0.717, 1.165) is 27.0 Å². The van der Waals surface area contributed by atoms with E-state index in [1.807, 2.05) is 60.7 Å². The molecule has 1 amide bonds. The van der Waals surface area contributed by atoms with E-state index in [4.69, 9.17) is 26.7 Å². The normalized spacial score (nSPS) is 11.5. The molecule has 0 saturated heterocycles. The number of thiophene rings is 1. The molecule has 0 aliphatic heterocycles. The number of hydrogen-bond acceptors (Lipinski definition) is 6. The second-order valence-corrected chi connectivity index (χ2v) is 10.3. The molecule has 0 saturated carbocycles. The number of rotatable bonds is 6. The summed E-state index contributed by atoms with van der Waals surface area (Å²) in [5, 5.41) is 11.1. The number of fused-ring (bicyclic) bond motifs is 4. The highest BCUT2D eigenvalue weighted by Gasteiger charge is 2.17. The number of aromatic nitrogens is 4. The van der Waals surface area contributed by atoms with Gasteiger partial charge >= 0.3 is 0 Å². The third kappa shape index (κ3) is 4.36. The van der Waals surface area contributed by atoms with Crippen molar-refractivity contribution in [1.82, 2.24) is 24.9 Å². The Morgan fingerprint density at radius 1 is 1.00 bits per heavy atom. The van der Waals surface area contributed by atoms with Crippen molar-refractivity contribution >= 4 is 67.2 Å². The number of halogens is 1. The van der Waals surface area contributed by atoms with E-state index in [9.17, 15) is 4.79 Å². The maximum Gasteiger partial charge on any atom is 0.230 e. The second-order valence-electron chi connectivity index (χ2n) is 7.89.